The number of phosphoric acid groups is 3. The van der Waals surface area contributed by atoms with Crippen LogP contribution in [0.15, 0.2) is 0 Å². The van der Waals surface area contributed by atoms with Gasteiger partial charge in [-0.25, -0.2) is 0 Å². The average molecular weight is 312 g/mol. The van der Waals surface area contributed by atoms with Gasteiger partial charge < -0.3 is 33.6 Å². The molecule has 0 saturated carbocycles. The summed E-state index contributed by atoms with van der Waals surface area (Å²) in [6.45, 7) is 0. The van der Waals surface area contributed by atoms with Crippen molar-refractivity contribution < 1.29 is 63.6 Å². The zero-order valence-electron chi connectivity index (χ0n) is 5.76. The molecule has 0 rings (SSSR count). The van der Waals surface area contributed by atoms with Gasteiger partial charge >= 0.3 is 16.8 Å². The van der Waals surface area contributed by atoms with Gasteiger partial charge in [0.25, 0.3) is 7.82 Å². The van der Waals surface area contributed by atoms with Gasteiger partial charge in [0.05, 0.1) is 15.6 Å². The maximum Gasteiger partial charge on any atom is 5.00 e. The Kier molecular flexibility index (Phi) is 6.56. The molecule has 0 amide bonds. The van der Waals surface area contributed by atoms with Crippen LogP contribution in [0.3, 0.4) is 0 Å². The van der Waals surface area contributed by atoms with Crippen molar-refractivity contribution in [1.29, 1.82) is 0 Å². The maximum atomic E-state index is 10.1. The third-order valence-electron chi connectivity index (χ3n) is 0.400. The van der Waals surface area contributed by atoms with E-state index in [0.29, 0.717) is 0 Å². The van der Waals surface area contributed by atoms with Crippen LogP contribution in [0.5, 0.6) is 0 Å². The van der Waals surface area contributed by atoms with E-state index in [0.717, 1.165) is 0 Å². The van der Waals surface area contributed by atoms with E-state index in [1.54, 1.807) is 0 Å². The van der Waals surface area contributed by atoms with E-state index in [9.17, 15) is 38.2 Å². The molecule has 0 aliphatic heterocycles. The molecule has 0 aromatic heterocycles. The Bertz CT molecular complexity index is 277. The molecule has 0 aliphatic rings. The first-order valence-corrected chi connectivity index (χ1v) is 6.57. The minimum Gasteiger partial charge on any atom is -0.790 e. The van der Waals surface area contributed by atoms with Crippen molar-refractivity contribution in [2.45, 2.75) is 0 Å². The monoisotopic (exact) mass is 312 g/mol. The molecule has 0 heterocycles. The van der Waals surface area contributed by atoms with Crippen molar-refractivity contribution in [3.05, 3.63) is 0 Å². The first kappa shape index (κ1) is 17.3. The second-order valence-electron chi connectivity index (χ2n) is 1.50. The molecule has 0 radical (unpaired) electrons. The third-order valence-corrected chi connectivity index (χ3v) is 3.60. The first-order valence-electron chi connectivity index (χ1n) is 2.19. The summed E-state index contributed by atoms with van der Waals surface area (Å²) in [5, 5.41) is 0. The zero-order valence-corrected chi connectivity index (χ0v) is 9.48. The van der Waals surface area contributed by atoms with E-state index in [-0.39, 0.29) is 16.8 Å². The molecule has 0 fully saturated rings. The second kappa shape index (κ2) is 5.31. The van der Waals surface area contributed by atoms with Crippen LogP contribution in [0, 0.1) is 0 Å². The Labute approximate surface area is 87.5 Å². The van der Waals surface area contributed by atoms with Crippen LogP contribution in [0.1, 0.15) is 0 Å². The summed E-state index contributed by atoms with van der Waals surface area (Å²) in [5.41, 5.74) is 0. The number of rotatable bonds is 4. The van der Waals surface area contributed by atoms with Crippen molar-refractivity contribution in [2.24, 2.45) is 0 Å². The summed E-state index contributed by atoms with van der Waals surface area (Å²) < 4.78 is 34.7. The van der Waals surface area contributed by atoms with Crippen LogP contribution in [0.2, 0.25) is 0 Å². The summed E-state index contributed by atoms with van der Waals surface area (Å²) >= 11 is 0. The Morgan fingerprint density at radius 2 is 0.929 bits per heavy atom. The van der Waals surface area contributed by atoms with Gasteiger partial charge in [-0.1, -0.05) is 0 Å². The first-order chi connectivity index (χ1) is 5.41. The van der Waals surface area contributed by atoms with Crippen LogP contribution in [-0.4, -0.2) is 0 Å². The number of hydrogen-bond donors (Lipinski definition) is 0. The van der Waals surface area contributed by atoms with Crippen LogP contribution in [-0.2, 0) is 39.1 Å². The van der Waals surface area contributed by atoms with Crippen molar-refractivity contribution >= 4 is 23.5 Å². The number of hydrogen-bond acceptors (Lipinski definition) is 10. The fourth-order valence-electron chi connectivity index (χ4n) is 0.260. The quantitative estimate of drug-likeness (QED) is 0.465. The molecule has 0 spiro atoms. The van der Waals surface area contributed by atoms with Crippen LogP contribution in [0.25, 0.3) is 0 Å². The molecule has 14 heteroatoms. The van der Waals surface area contributed by atoms with Gasteiger partial charge in [0.15, 0.2) is 0 Å². The van der Waals surface area contributed by atoms with Crippen molar-refractivity contribution in [1.82, 2.24) is 0 Å². The van der Waals surface area contributed by atoms with Gasteiger partial charge in [-0.15, -0.1) is 0 Å². The second-order valence-corrected chi connectivity index (χ2v) is 5.49. The molecule has 10 nitrogen and oxygen atoms in total. The van der Waals surface area contributed by atoms with Crippen molar-refractivity contribution in [2.75, 3.05) is 0 Å². The standard InChI is InChI=1S/Co.H5O10P3/c;1-11(2,3)9-13(7,8)10-12(4,5)6/h;(H,7,8)(H2,1,2,3)(H2,4,5,6)/q+5;/p-5. The molecule has 0 aromatic carbocycles. The molecular weight excluding hydrogens is 312 g/mol. The topological polar surface area (TPSA) is 185 Å². The molecular formula is CoO10P3. The Morgan fingerprint density at radius 1 is 0.714 bits per heavy atom. The molecule has 84 valence electrons. The van der Waals surface area contributed by atoms with E-state index in [1.807, 2.05) is 0 Å². The van der Waals surface area contributed by atoms with E-state index in [1.165, 1.54) is 0 Å². The smallest absolute Gasteiger partial charge is 0.790 e. The molecule has 0 aliphatic carbocycles. The normalized spacial score (nSPS) is 13.5. The minimum absolute atomic E-state index is 0. The molecule has 0 aromatic rings. The van der Waals surface area contributed by atoms with Gasteiger partial charge in [-0.3, -0.25) is 13.2 Å². The molecule has 0 bridgehead atoms. The van der Waals surface area contributed by atoms with Gasteiger partial charge in [0, 0.05) is 0 Å². The Hall–Kier alpha value is 0.916. The summed E-state index contributed by atoms with van der Waals surface area (Å²) in [7, 11) is -17.9. The SMILES string of the molecule is O=P([O-])([O-])OP(=O)([O-])OP(=O)([O-])[O-].[Co+5]. The van der Waals surface area contributed by atoms with E-state index < -0.39 is 23.5 Å². The summed E-state index contributed by atoms with van der Waals surface area (Å²) in [6.07, 6.45) is 0. The molecule has 0 atom stereocenters. The van der Waals surface area contributed by atoms with Crippen LogP contribution < -0.4 is 24.5 Å². The van der Waals surface area contributed by atoms with E-state index in [2.05, 4.69) is 8.62 Å². The van der Waals surface area contributed by atoms with Crippen LogP contribution in [0.4, 0.5) is 0 Å². The third kappa shape index (κ3) is 11.0. The minimum atomic E-state index is -5.97. The summed E-state index contributed by atoms with van der Waals surface area (Å²) in [5.74, 6) is 0. The molecule has 0 unspecified atom stereocenters. The van der Waals surface area contributed by atoms with Gasteiger partial charge in [0.2, 0.25) is 0 Å². The maximum absolute atomic E-state index is 10.1. The van der Waals surface area contributed by atoms with Gasteiger partial charge in [-0.2, -0.15) is 0 Å². The van der Waals surface area contributed by atoms with E-state index >= 15 is 0 Å². The molecule has 14 heavy (non-hydrogen) atoms. The largest absolute Gasteiger partial charge is 5.00 e. The molecule has 0 saturated heterocycles. The average Bonchev–Trinajstić information content (AvgIpc) is 1.43. The van der Waals surface area contributed by atoms with E-state index in [4.69, 9.17) is 0 Å². The fourth-order valence-corrected chi connectivity index (χ4v) is 2.61. The summed E-state index contributed by atoms with van der Waals surface area (Å²) in [4.78, 5) is 48.6. The fraction of sp³-hybridized carbons (Fsp3) is 0. The van der Waals surface area contributed by atoms with Crippen molar-refractivity contribution in [3.8, 4) is 0 Å². The predicted octanol–water partition coefficient (Wildman–Crippen LogP) is -3.86. The zero-order chi connectivity index (χ0) is 10.9. The molecule has 0 N–H and O–H groups in total. The summed E-state index contributed by atoms with van der Waals surface area (Å²) in [6, 6.07) is 0. The van der Waals surface area contributed by atoms with Crippen molar-refractivity contribution in [3.63, 3.8) is 0 Å². The van der Waals surface area contributed by atoms with Gasteiger partial charge in [0.1, 0.15) is 0 Å². The van der Waals surface area contributed by atoms with Crippen LogP contribution >= 0.6 is 23.5 Å². The predicted molar refractivity (Wildman–Crippen MR) is 25.0 cm³/mol. The Balaban J connectivity index is 0. The van der Waals surface area contributed by atoms with Gasteiger partial charge in [-0.05, 0) is 0 Å². The Morgan fingerprint density at radius 3 is 1.07 bits per heavy atom.